The average molecular weight is 542 g/mol. The molecule has 0 saturated carbocycles. The molecule has 2 heterocycles. The van der Waals surface area contributed by atoms with Gasteiger partial charge in [0.2, 0.25) is 21.6 Å². The summed E-state index contributed by atoms with van der Waals surface area (Å²) in [5, 5.41) is 13.4. The summed E-state index contributed by atoms with van der Waals surface area (Å²) in [6.07, 6.45) is 3.10. The highest BCUT2D eigenvalue weighted by atomic mass is 32.2. The van der Waals surface area contributed by atoms with Gasteiger partial charge in [0.1, 0.15) is 16.9 Å². The van der Waals surface area contributed by atoms with Crippen LogP contribution in [0.5, 0.6) is 0 Å². The lowest BCUT2D eigenvalue weighted by Crippen LogP contribution is -2.46. The number of aromatic nitrogens is 1. The normalized spacial score (nSPS) is 14.1. The third kappa shape index (κ3) is 6.72. The predicted molar refractivity (Wildman–Crippen MR) is 146 cm³/mol. The SMILES string of the molecule is [C-]#[N+]c1c(N2CCC(NC(=O)CN)CC2)nc(SCc2ccc(N(C)S(C)(=O)=O)cc2)c(C#N)c1CC. The lowest BCUT2D eigenvalue weighted by atomic mass is 10.0. The molecule has 3 N–H and O–H groups in total. The summed E-state index contributed by atoms with van der Waals surface area (Å²) < 4.78 is 24.8. The van der Waals surface area contributed by atoms with Gasteiger partial charge in [-0.3, -0.25) is 9.10 Å². The van der Waals surface area contributed by atoms with Gasteiger partial charge in [0.25, 0.3) is 0 Å². The van der Waals surface area contributed by atoms with Gasteiger partial charge < -0.3 is 16.0 Å². The van der Waals surface area contributed by atoms with Crippen molar-refractivity contribution in [3.05, 3.63) is 52.4 Å². The molecule has 1 fully saturated rings. The average Bonchev–Trinajstić information content (AvgIpc) is 2.90. The molecule has 0 spiro atoms. The number of nitrogens with one attached hydrogen (secondary N) is 1. The molecule has 0 bridgehead atoms. The minimum atomic E-state index is -3.35. The fourth-order valence-corrected chi connectivity index (χ4v) is 5.62. The topological polar surface area (TPSA) is 137 Å². The van der Waals surface area contributed by atoms with Crippen molar-refractivity contribution in [1.82, 2.24) is 10.3 Å². The summed E-state index contributed by atoms with van der Waals surface area (Å²) in [4.78, 5) is 22.3. The van der Waals surface area contributed by atoms with Crippen LogP contribution >= 0.6 is 11.8 Å². The number of benzene rings is 1. The maximum absolute atomic E-state index is 11.8. The number of nitriles is 1. The molecule has 2 aromatic rings. The number of anilines is 2. The van der Waals surface area contributed by atoms with Crippen LogP contribution < -0.4 is 20.3 Å². The van der Waals surface area contributed by atoms with Gasteiger partial charge in [-0.05, 0) is 42.5 Å². The zero-order valence-corrected chi connectivity index (χ0v) is 22.8. The number of nitrogens with two attached hydrogens (primary N) is 1. The number of hydrogen-bond donors (Lipinski definition) is 2. The first-order valence-electron chi connectivity index (χ1n) is 11.9. The van der Waals surface area contributed by atoms with Gasteiger partial charge in [0.05, 0.1) is 30.6 Å². The van der Waals surface area contributed by atoms with E-state index in [2.05, 4.69) is 21.1 Å². The maximum atomic E-state index is 11.8. The number of amides is 1. The summed E-state index contributed by atoms with van der Waals surface area (Å²) in [6.45, 7) is 10.9. The molecule has 1 amide bonds. The third-order valence-electron chi connectivity index (χ3n) is 6.32. The van der Waals surface area contributed by atoms with Crippen molar-refractivity contribution in [3.63, 3.8) is 0 Å². The van der Waals surface area contributed by atoms with E-state index in [-0.39, 0.29) is 18.5 Å². The Balaban J connectivity index is 1.85. The predicted octanol–water partition coefficient (Wildman–Crippen LogP) is 2.80. The zero-order chi connectivity index (χ0) is 27.2. The second-order valence-corrected chi connectivity index (χ2v) is 11.7. The zero-order valence-electron chi connectivity index (χ0n) is 21.2. The number of piperidine rings is 1. The van der Waals surface area contributed by atoms with Crippen molar-refractivity contribution in [2.45, 2.75) is 43.0 Å². The second kappa shape index (κ2) is 12.3. The van der Waals surface area contributed by atoms with Crippen molar-refractivity contribution in [3.8, 4) is 6.07 Å². The fraction of sp³-hybridized carbons (Fsp3) is 0.440. The number of carbonyl (C=O) groups is 1. The summed E-state index contributed by atoms with van der Waals surface area (Å²) in [6, 6.07) is 9.48. The number of carbonyl (C=O) groups excluding carboxylic acids is 1. The van der Waals surface area contributed by atoms with Crippen molar-refractivity contribution < 1.29 is 13.2 Å². The molecule has 37 heavy (non-hydrogen) atoms. The van der Waals surface area contributed by atoms with E-state index in [1.54, 1.807) is 12.1 Å². The summed E-state index contributed by atoms with van der Waals surface area (Å²) in [5.74, 6) is 0.916. The third-order valence-corrected chi connectivity index (χ3v) is 8.57. The quantitative estimate of drug-likeness (QED) is 0.365. The molecule has 1 aromatic heterocycles. The van der Waals surface area contributed by atoms with Crippen LogP contribution in [0.1, 0.15) is 36.5 Å². The Morgan fingerprint density at radius 2 is 2.00 bits per heavy atom. The number of hydrogen-bond acceptors (Lipinski definition) is 8. The molecule has 1 aliphatic heterocycles. The molecule has 196 valence electrons. The molecule has 10 nitrogen and oxygen atoms in total. The summed E-state index contributed by atoms with van der Waals surface area (Å²) in [5.41, 5.74) is 8.43. The highest BCUT2D eigenvalue weighted by Crippen LogP contribution is 2.39. The van der Waals surface area contributed by atoms with Crippen LogP contribution in [0.2, 0.25) is 0 Å². The number of sulfonamides is 1. The molecule has 0 unspecified atom stereocenters. The van der Waals surface area contributed by atoms with Gasteiger partial charge in [0, 0.05) is 31.9 Å². The van der Waals surface area contributed by atoms with Crippen molar-refractivity contribution in [1.29, 1.82) is 5.26 Å². The van der Waals surface area contributed by atoms with Gasteiger partial charge in [0.15, 0.2) is 0 Å². The van der Waals surface area contributed by atoms with Gasteiger partial charge >= 0.3 is 0 Å². The van der Waals surface area contributed by atoms with E-state index in [9.17, 15) is 18.5 Å². The smallest absolute Gasteiger partial charge is 0.233 e. The fourth-order valence-electron chi connectivity index (χ4n) is 4.16. The molecule has 1 aliphatic rings. The van der Waals surface area contributed by atoms with Crippen LogP contribution in [0.15, 0.2) is 29.3 Å². The highest BCUT2D eigenvalue weighted by Gasteiger charge is 2.27. The summed E-state index contributed by atoms with van der Waals surface area (Å²) in [7, 11) is -1.84. The van der Waals surface area contributed by atoms with E-state index >= 15 is 0 Å². The van der Waals surface area contributed by atoms with E-state index < -0.39 is 10.0 Å². The Hall–Kier alpha value is -3.32. The van der Waals surface area contributed by atoms with E-state index in [4.69, 9.17) is 17.3 Å². The molecule has 12 heteroatoms. The lowest BCUT2D eigenvalue weighted by molar-refractivity contribution is -0.120. The van der Waals surface area contributed by atoms with E-state index in [0.29, 0.717) is 71.5 Å². The highest BCUT2D eigenvalue weighted by molar-refractivity contribution is 7.98. The Morgan fingerprint density at radius 1 is 1.35 bits per heavy atom. The molecule has 0 aliphatic carbocycles. The molecule has 1 aromatic carbocycles. The molecule has 1 saturated heterocycles. The van der Waals surface area contributed by atoms with Crippen LogP contribution in [-0.2, 0) is 27.0 Å². The number of thioether (sulfide) groups is 1. The second-order valence-electron chi connectivity index (χ2n) is 8.74. The number of rotatable bonds is 9. The minimum Gasteiger partial charge on any atom is -0.365 e. The van der Waals surface area contributed by atoms with Crippen molar-refractivity contribution in [2.75, 3.05) is 42.1 Å². The monoisotopic (exact) mass is 541 g/mol. The largest absolute Gasteiger partial charge is 0.365 e. The standard InChI is InChI=1S/C25H31N7O3S2/c1-5-20-21(14-26)25(36-16-17-6-8-19(9-7-17)31(3)37(4,34)35)30-24(23(20)28-2)32-12-10-18(11-13-32)29-22(33)15-27/h6-9,18H,5,10-13,15-16,27H2,1,3-4H3,(H,29,33). The molecule has 0 atom stereocenters. The van der Waals surface area contributed by atoms with Gasteiger partial charge in [-0.25, -0.2) is 18.2 Å². The number of pyridine rings is 1. The van der Waals surface area contributed by atoms with Crippen molar-refractivity contribution in [2.24, 2.45) is 5.73 Å². The number of nitrogens with zero attached hydrogens (tertiary/aromatic N) is 5. The Morgan fingerprint density at radius 3 is 2.51 bits per heavy atom. The van der Waals surface area contributed by atoms with Crippen LogP contribution in [0.4, 0.5) is 17.2 Å². The van der Waals surface area contributed by atoms with Crippen LogP contribution in [0.25, 0.3) is 4.85 Å². The minimum absolute atomic E-state index is 0.0336. The molecular weight excluding hydrogens is 510 g/mol. The van der Waals surface area contributed by atoms with Crippen LogP contribution in [0, 0.1) is 17.9 Å². The Kier molecular flexibility index (Phi) is 9.38. The van der Waals surface area contributed by atoms with E-state index in [1.807, 2.05) is 19.1 Å². The lowest BCUT2D eigenvalue weighted by Gasteiger charge is -2.34. The first-order valence-corrected chi connectivity index (χ1v) is 14.7. The first-order chi connectivity index (χ1) is 17.6. The Labute approximate surface area is 222 Å². The maximum Gasteiger partial charge on any atom is 0.233 e. The van der Waals surface area contributed by atoms with Crippen LogP contribution in [-0.4, -0.2) is 58.3 Å². The Bertz CT molecular complexity index is 1320. The molecule has 3 rings (SSSR count). The van der Waals surface area contributed by atoms with E-state index in [1.165, 1.54) is 23.1 Å². The van der Waals surface area contributed by atoms with Gasteiger partial charge in [-0.15, -0.1) is 11.8 Å². The van der Waals surface area contributed by atoms with Gasteiger partial charge in [-0.2, -0.15) is 5.26 Å². The van der Waals surface area contributed by atoms with Gasteiger partial charge in [-0.1, -0.05) is 19.1 Å². The van der Waals surface area contributed by atoms with E-state index in [0.717, 1.165) is 11.8 Å². The molecule has 0 radical (unpaired) electrons. The van der Waals surface area contributed by atoms with Crippen LogP contribution in [0.3, 0.4) is 0 Å². The first kappa shape index (κ1) is 28.3. The summed E-state index contributed by atoms with van der Waals surface area (Å²) >= 11 is 1.42. The molecular formula is C25H31N7O3S2. The van der Waals surface area contributed by atoms with Crippen molar-refractivity contribution >= 4 is 44.9 Å².